The highest BCUT2D eigenvalue weighted by Crippen LogP contribution is 2.39. The van der Waals surface area contributed by atoms with Crippen LogP contribution in [0, 0.1) is 11.7 Å². The van der Waals surface area contributed by atoms with Gasteiger partial charge >= 0.3 is 12.4 Å². The number of hydrogen-bond donors (Lipinski definition) is 2. The van der Waals surface area contributed by atoms with Crippen molar-refractivity contribution in [2.45, 2.75) is 63.5 Å². The van der Waals surface area contributed by atoms with Crippen molar-refractivity contribution in [2.75, 3.05) is 11.0 Å². The first kappa shape index (κ1) is 30.4. The summed E-state index contributed by atoms with van der Waals surface area (Å²) in [6.07, 6.45) is -9.62. The first-order chi connectivity index (χ1) is 17.9. The lowest BCUT2D eigenvalue weighted by atomic mass is 9.87. The second-order valence-electron chi connectivity index (χ2n) is 9.34. The number of halogens is 7. The Labute approximate surface area is 220 Å². The van der Waals surface area contributed by atoms with E-state index >= 15 is 0 Å². The summed E-state index contributed by atoms with van der Waals surface area (Å²) in [7, 11) is -3.73. The van der Waals surface area contributed by atoms with Gasteiger partial charge in [0.15, 0.2) is 0 Å². The molecule has 1 fully saturated rings. The minimum absolute atomic E-state index is 0.0271. The summed E-state index contributed by atoms with van der Waals surface area (Å²) in [6.45, 7) is 1.12. The van der Waals surface area contributed by atoms with Gasteiger partial charge in [-0.3, -0.25) is 9.52 Å². The highest BCUT2D eigenvalue weighted by atomic mass is 32.2. The van der Waals surface area contributed by atoms with Crippen LogP contribution in [0.1, 0.15) is 55.3 Å². The van der Waals surface area contributed by atoms with Crippen molar-refractivity contribution in [1.29, 1.82) is 0 Å². The van der Waals surface area contributed by atoms with E-state index in [1.165, 1.54) is 13.0 Å². The number of pyridine rings is 1. The maximum Gasteiger partial charge on any atom is 0.433 e. The number of carbonyl (C=O) groups excluding carboxylic acids is 1. The van der Waals surface area contributed by atoms with E-state index in [0.29, 0.717) is 6.07 Å². The van der Waals surface area contributed by atoms with Gasteiger partial charge in [-0.05, 0) is 62.4 Å². The number of nitrogens with zero attached hydrogens (tertiary/aromatic N) is 1. The molecule has 1 aliphatic rings. The van der Waals surface area contributed by atoms with Gasteiger partial charge < -0.3 is 10.1 Å². The van der Waals surface area contributed by atoms with Crippen LogP contribution in [0.4, 0.5) is 36.4 Å². The van der Waals surface area contributed by atoms with E-state index in [1.54, 1.807) is 0 Å². The monoisotopic (exact) mass is 585 g/mol. The Balaban J connectivity index is 1.72. The summed E-state index contributed by atoms with van der Waals surface area (Å²) < 4.78 is 123. The molecular formula is C24H26F7N3O4S. The molecule has 1 aromatic heterocycles. The number of amides is 1. The normalized spacial score (nSPS) is 19.3. The van der Waals surface area contributed by atoms with E-state index < -0.39 is 63.6 Å². The van der Waals surface area contributed by atoms with Crippen molar-refractivity contribution < 1.29 is 48.7 Å². The van der Waals surface area contributed by atoms with Crippen LogP contribution in [0.2, 0.25) is 0 Å². The minimum Gasteiger partial charge on any atom is -0.474 e. The number of carbonyl (C=O) groups is 1. The maximum atomic E-state index is 14.3. The van der Waals surface area contributed by atoms with Crippen LogP contribution in [0.3, 0.4) is 0 Å². The molecule has 2 aromatic rings. The number of benzene rings is 1. The molecule has 1 unspecified atom stereocenters. The number of anilines is 1. The van der Waals surface area contributed by atoms with Gasteiger partial charge in [-0.1, -0.05) is 6.07 Å². The highest BCUT2D eigenvalue weighted by Gasteiger charge is 2.42. The average Bonchev–Trinajstić information content (AvgIpc) is 2.82. The van der Waals surface area contributed by atoms with Crippen molar-refractivity contribution >= 4 is 21.6 Å². The van der Waals surface area contributed by atoms with Crippen molar-refractivity contribution in [2.24, 2.45) is 5.92 Å². The van der Waals surface area contributed by atoms with Gasteiger partial charge in [0, 0.05) is 12.1 Å². The van der Waals surface area contributed by atoms with Gasteiger partial charge in [0.2, 0.25) is 21.8 Å². The van der Waals surface area contributed by atoms with E-state index in [2.05, 4.69) is 10.3 Å². The molecule has 1 heterocycles. The van der Waals surface area contributed by atoms with Gasteiger partial charge in [0.1, 0.15) is 17.6 Å². The number of nitrogens with one attached hydrogen (secondary N) is 2. The molecule has 1 atom stereocenters. The third kappa shape index (κ3) is 8.44. The predicted octanol–water partition coefficient (Wildman–Crippen LogP) is 5.53. The molecule has 1 amide bonds. The number of aromatic nitrogens is 1. The van der Waals surface area contributed by atoms with Crippen LogP contribution in [0.5, 0.6) is 5.88 Å². The van der Waals surface area contributed by atoms with E-state index in [9.17, 15) is 43.9 Å². The quantitative estimate of drug-likeness (QED) is 0.397. The molecule has 7 nitrogen and oxygen atoms in total. The smallest absolute Gasteiger partial charge is 0.433 e. The van der Waals surface area contributed by atoms with Crippen LogP contribution >= 0.6 is 0 Å². The van der Waals surface area contributed by atoms with Crippen molar-refractivity contribution in [1.82, 2.24) is 10.3 Å². The number of ether oxygens (including phenoxy) is 1. The summed E-state index contributed by atoms with van der Waals surface area (Å²) in [5.74, 6) is -4.44. The molecule has 0 saturated heterocycles. The van der Waals surface area contributed by atoms with Gasteiger partial charge in [-0.15, -0.1) is 0 Å². The van der Waals surface area contributed by atoms with Gasteiger partial charge in [-0.2, -0.15) is 26.3 Å². The number of alkyl halides is 6. The maximum absolute atomic E-state index is 14.3. The number of sulfonamides is 1. The molecule has 2 N–H and O–H groups in total. The van der Waals surface area contributed by atoms with Crippen molar-refractivity contribution in [3.63, 3.8) is 0 Å². The lowest BCUT2D eigenvalue weighted by Gasteiger charge is -2.30. The van der Waals surface area contributed by atoms with E-state index in [4.69, 9.17) is 4.74 Å². The second-order valence-corrected chi connectivity index (χ2v) is 11.1. The topological polar surface area (TPSA) is 97.4 Å². The summed E-state index contributed by atoms with van der Waals surface area (Å²) in [6, 6.07) is 5.22. The minimum atomic E-state index is -4.80. The zero-order chi connectivity index (χ0) is 29.2. The zero-order valence-electron chi connectivity index (χ0n) is 20.8. The fourth-order valence-electron chi connectivity index (χ4n) is 4.10. The van der Waals surface area contributed by atoms with Crippen LogP contribution in [0.25, 0.3) is 0 Å². The fraction of sp³-hybridized carbons (Fsp3) is 0.500. The summed E-state index contributed by atoms with van der Waals surface area (Å²) in [4.78, 5) is 16.2. The fourth-order valence-corrected chi connectivity index (χ4v) is 4.66. The molecule has 1 aromatic carbocycles. The van der Waals surface area contributed by atoms with Gasteiger partial charge in [0.05, 0.1) is 23.8 Å². The van der Waals surface area contributed by atoms with Crippen molar-refractivity contribution in [3.8, 4) is 5.88 Å². The SMILES string of the molecule is CC(C(=O)NCc1ccc(C(F)(F)F)nc1OC1CCC(C(F)(F)F)CC1)c1ccc(NS(C)(=O)=O)c(F)c1. The molecule has 0 bridgehead atoms. The Morgan fingerprint density at radius 3 is 2.26 bits per heavy atom. The molecule has 216 valence electrons. The van der Waals surface area contributed by atoms with Crippen LogP contribution in [-0.4, -0.2) is 37.8 Å². The second kappa shape index (κ2) is 11.6. The lowest BCUT2D eigenvalue weighted by molar-refractivity contribution is -0.185. The zero-order valence-corrected chi connectivity index (χ0v) is 21.6. The average molecular weight is 586 g/mol. The van der Waals surface area contributed by atoms with Crippen molar-refractivity contribution in [3.05, 3.63) is 53.0 Å². The molecule has 0 aliphatic heterocycles. The third-order valence-corrected chi connectivity index (χ3v) is 6.87. The molecule has 1 aliphatic carbocycles. The highest BCUT2D eigenvalue weighted by molar-refractivity contribution is 7.92. The van der Waals surface area contributed by atoms with Crippen LogP contribution in [-0.2, 0) is 27.5 Å². The van der Waals surface area contributed by atoms with E-state index in [1.807, 2.05) is 4.72 Å². The summed E-state index contributed by atoms with van der Waals surface area (Å²) in [5, 5.41) is 2.51. The number of hydrogen-bond acceptors (Lipinski definition) is 5. The molecule has 0 radical (unpaired) electrons. The first-order valence-electron chi connectivity index (χ1n) is 11.8. The third-order valence-electron chi connectivity index (χ3n) is 6.28. The first-order valence-corrected chi connectivity index (χ1v) is 13.7. The Morgan fingerprint density at radius 2 is 1.72 bits per heavy atom. The summed E-state index contributed by atoms with van der Waals surface area (Å²) >= 11 is 0. The van der Waals surface area contributed by atoms with E-state index in [0.717, 1.165) is 24.5 Å². The Bertz CT molecular complexity index is 1290. The standard InChI is InChI=1S/C24H26F7N3O4S/c1-13(14-3-9-19(18(25)11-14)34-39(2,36)37)21(35)32-12-15-4-10-20(24(29,30)31)33-22(15)38-17-7-5-16(6-8-17)23(26,27)28/h3-4,9-11,13,16-17,34H,5-8,12H2,1-2H3,(H,32,35). The Morgan fingerprint density at radius 1 is 1.08 bits per heavy atom. The predicted molar refractivity (Wildman–Crippen MR) is 127 cm³/mol. The molecule has 1 saturated carbocycles. The molecular weight excluding hydrogens is 559 g/mol. The summed E-state index contributed by atoms with van der Waals surface area (Å²) in [5.41, 5.74) is -1.30. The van der Waals surface area contributed by atoms with E-state index in [-0.39, 0.29) is 49.0 Å². The van der Waals surface area contributed by atoms with Crippen LogP contribution < -0.4 is 14.8 Å². The molecule has 3 rings (SSSR count). The van der Waals surface area contributed by atoms with Gasteiger partial charge in [0.25, 0.3) is 0 Å². The molecule has 15 heteroatoms. The lowest BCUT2D eigenvalue weighted by Crippen LogP contribution is -2.32. The van der Waals surface area contributed by atoms with Crippen LogP contribution in [0.15, 0.2) is 30.3 Å². The molecule has 0 spiro atoms. The largest absolute Gasteiger partial charge is 0.474 e. The Kier molecular flexibility index (Phi) is 9.02. The van der Waals surface area contributed by atoms with Gasteiger partial charge in [-0.25, -0.2) is 17.8 Å². The Hall–Kier alpha value is -3.10. The number of rotatable bonds is 8. The molecule has 39 heavy (non-hydrogen) atoms.